The lowest BCUT2D eigenvalue weighted by Crippen LogP contribution is -2.48. The van der Waals surface area contributed by atoms with E-state index in [0.717, 1.165) is 17.5 Å². The SMILES string of the molecule is O=C(NCc1cccc(-c2ncn[nH]2)c1)N1CC[C@@H](c2ccccc2)[C@@H](CO)C1. The third-order valence-electron chi connectivity index (χ3n) is 5.54. The first kappa shape index (κ1) is 19.1. The molecule has 0 radical (unpaired) electrons. The van der Waals surface area contributed by atoms with Crippen LogP contribution in [0.1, 0.15) is 23.5 Å². The molecule has 1 aromatic heterocycles. The molecule has 29 heavy (non-hydrogen) atoms. The number of hydrogen-bond donors (Lipinski definition) is 3. The van der Waals surface area contributed by atoms with Crippen molar-refractivity contribution in [3.63, 3.8) is 0 Å². The summed E-state index contributed by atoms with van der Waals surface area (Å²) in [6.07, 6.45) is 2.32. The predicted molar refractivity (Wildman–Crippen MR) is 110 cm³/mol. The van der Waals surface area contributed by atoms with Crippen LogP contribution in [0.5, 0.6) is 0 Å². The average Bonchev–Trinajstić information content (AvgIpc) is 3.33. The third-order valence-corrected chi connectivity index (χ3v) is 5.54. The van der Waals surface area contributed by atoms with Crippen LogP contribution in [0, 0.1) is 5.92 Å². The summed E-state index contributed by atoms with van der Waals surface area (Å²) >= 11 is 0. The Hall–Kier alpha value is -3.19. The molecule has 150 valence electrons. The molecule has 0 unspecified atom stereocenters. The summed E-state index contributed by atoms with van der Waals surface area (Å²) < 4.78 is 0. The Morgan fingerprint density at radius 1 is 1.21 bits per heavy atom. The second-order valence-corrected chi connectivity index (χ2v) is 7.39. The molecule has 3 N–H and O–H groups in total. The van der Waals surface area contributed by atoms with E-state index in [4.69, 9.17) is 0 Å². The smallest absolute Gasteiger partial charge is 0.317 e. The third kappa shape index (κ3) is 4.46. The maximum atomic E-state index is 12.7. The molecule has 4 rings (SSSR count). The van der Waals surface area contributed by atoms with Gasteiger partial charge < -0.3 is 15.3 Å². The summed E-state index contributed by atoms with van der Waals surface area (Å²) in [7, 11) is 0. The molecule has 0 saturated carbocycles. The van der Waals surface area contributed by atoms with Crippen molar-refractivity contribution in [3.05, 3.63) is 72.1 Å². The van der Waals surface area contributed by atoms with Gasteiger partial charge in [-0.2, -0.15) is 5.10 Å². The Morgan fingerprint density at radius 3 is 2.83 bits per heavy atom. The van der Waals surface area contributed by atoms with Gasteiger partial charge in [-0.05, 0) is 29.5 Å². The number of piperidine rings is 1. The van der Waals surface area contributed by atoms with Gasteiger partial charge in [0, 0.05) is 37.7 Å². The number of aliphatic hydroxyl groups excluding tert-OH is 1. The van der Waals surface area contributed by atoms with Crippen molar-refractivity contribution in [1.82, 2.24) is 25.4 Å². The van der Waals surface area contributed by atoms with Crippen molar-refractivity contribution in [1.29, 1.82) is 0 Å². The van der Waals surface area contributed by atoms with E-state index < -0.39 is 0 Å². The maximum absolute atomic E-state index is 12.7. The van der Waals surface area contributed by atoms with Crippen molar-refractivity contribution < 1.29 is 9.90 Å². The van der Waals surface area contributed by atoms with Crippen molar-refractivity contribution in [3.8, 4) is 11.4 Å². The number of aromatic nitrogens is 3. The number of nitrogens with zero attached hydrogens (tertiary/aromatic N) is 3. The molecule has 1 aliphatic heterocycles. The molecule has 0 aliphatic carbocycles. The molecule has 3 aromatic rings. The topological polar surface area (TPSA) is 94.1 Å². The molecule has 2 atom stereocenters. The number of carbonyl (C=O) groups is 1. The first-order chi connectivity index (χ1) is 14.2. The van der Waals surface area contributed by atoms with E-state index in [9.17, 15) is 9.90 Å². The van der Waals surface area contributed by atoms with Crippen LogP contribution < -0.4 is 5.32 Å². The number of hydrogen-bond acceptors (Lipinski definition) is 4. The number of nitrogens with one attached hydrogen (secondary N) is 2. The first-order valence-corrected chi connectivity index (χ1v) is 9.88. The fraction of sp³-hybridized carbons (Fsp3) is 0.318. The lowest BCUT2D eigenvalue weighted by Gasteiger charge is -2.38. The highest BCUT2D eigenvalue weighted by molar-refractivity contribution is 5.74. The molecule has 1 aliphatic rings. The van der Waals surface area contributed by atoms with Crippen molar-refractivity contribution in [2.24, 2.45) is 5.92 Å². The van der Waals surface area contributed by atoms with Gasteiger partial charge in [0.15, 0.2) is 5.82 Å². The maximum Gasteiger partial charge on any atom is 0.317 e. The summed E-state index contributed by atoms with van der Waals surface area (Å²) in [5.74, 6) is 1.03. The molecule has 2 amide bonds. The van der Waals surface area contributed by atoms with Crippen LogP contribution >= 0.6 is 0 Å². The van der Waals surface area contributed by atoms with Crippen LogP contribution in [0.25, 0.3) is 11.4 Å². The Labute approximate surface area is 169 Å². The van der Waals surface area contributed by atoms with Gasteiger partial charge in [-0.15, -0.1) is 0 Å². The largest absolute Gasteiger partial charge is 0.396 e. The van der Waals surface area contributed by atoms with Crippen LogP contribution in [0.3, 0.4) is 0 Å². The normalized spacial score (nSPS) is 19.1. The van der Waals surface area contributed by atoms with E-state index in [1.807, 2.05) is 42.5 Å². The van der Waals surface area contributed by atoms with Gasteiger partial charge in [0.05, 0.1) is 0 Å². The second-order valence-electron chi connectivity index (χ2n) is 7.39. The highest BCUT2D eigenvalue weighted by Gasteiger charge is 2.31. The summed E-state index contributed by atoms with van der Waals surface area (Å²) in [6.45, 7) is 1.74. The number of urea groups is 1. The van der Waals surface area contributed by atoms with Crippen LogP contribution in [0.15, 0.2) is 60.9 Å². The molecule has 7 heteroatoms. The lowest BCUT2D eigenvalue weighted by molar-refractivity contribution is 0.113. The van der Waals surface area contributed by atoms with Crippen LogP contribution in [-0.2, 0) is 6.54 Å². The Kier molecular flexibility index (Phi) is 5.86. The molecule has 0 spiro atoms. The fourth-order valence-electron chi connectivity index (χ4n) is 4.00. The molecule has 1 saturated heterocycles. The van der Waals surface area contributed by atoms with Crippen LogP contribution in [0.2, 0.25) is 0 Å². The molecule has 2 aromatic carbocycles. The summed E-state index contributed by atoms with van der Waals surface area (Å²) in [5, 5.41) is 19.6. The summed E-state index contributed by atoms with van der Waals surface area (Å²) in [5.41, 5.74) is 3.15. The predicted octanol–water partition coefficient (Wildman–Crippen LogP) is 2.78. The van der Waals surface area contributed by atoms with Crippen LogP contribution in [-0.4, -0.2) is 50.9 Å². The van der Waals surface area contributed by atoms with Gasteiger partial charge >= 0.3 is 6.03 Å². The number of H-pyrrole nitrogens is 1. The fourth-order valence-corrected chi connectivity index (χ4v) is 4.00. The molecule has 2 heterocycles. The quantitative estimate of drug-likeness (QED) is 0.623. The molecule has 1 fully saturated rings. The molecular formula is C22H25N5O2. The van der Waals surface area contributed by atoms with E-state index in [1.54, 1.807) is 4.90 Å². The first-order valence-electron chi connectivity index (χ1n) is 9.88. The zero-order valence-corrected chi connectivity index (χ0v) is 16.2. The number of amides is 2. The lowest BCUT2D eigenvalue weighted by atomic mass is 9.81. The average molecular weight is 391 g/mol. The Balaban J connectivity index is 1.35. The van der Waals surface area contributed by atoms with Crippen molar-refractivity contribution >= 4 is 6.03 Å². The minimum absolute atomic E-state index is 0.0479. The van der Waals surface area contributed by atoms with Gasteiger partial charge in [-0.3, -0.25) is 5.10 Å². The van der Waals surface area contributed by atoms with Crippen LogP contribution in [0.4, 0.5) is 4.79 Å². The molecule has 7 nitrogen and oxygen atoms in total. The number of aliphatic hydroxyl groups is 1. The zero-order valence-electron chi connectivity index (χ0n) is 16.2. The highest BCUT2D eigenvalue weighted by atomic mass is 16.3. The minimum Gasteiger partial charge on any atom is -0.396 e. The van der Waals surface area contributed by atoms with E-state index in [-0.39, 0.29) is 24.5 Å². The monoisotopic (exact) mass is 391 g/mol. The van der Waals surface area contributed by atoms with E-state index >= 15 is 0 Å². The summed E-state index contributed by atoms with van der Waals surface area (Å²) in [4.78, 5) is 18.7. The van der Waals surface area contributed by atoms with Gasteiger partial charge in [-0.1, -0.05) is 48.5 Å². The Morgan fingerprint density at radius 2 is 2.07 bits per heavy atom. The van der Waals surface area contributed by atoms with Gasteiger partial charge in [0.2, 0.25) is 0 Å². The number of carbonyl (C=O) groups excluding carboxylic acids is 1. The van der Waals surface area contributed by atoms with Crippen molar-refractivity contribution in [2.75, 3.05) is 19.7 Å². The second kappa shape index (κ2) is 8.87. The number of benzene rings is 2. The van der Waals surface area contributed by atoms with E-state index in [0.29, 0.717) is 25.5 Å². The number of aromatic amines is 1. The molecular weight excluding hydrogens is 366 g/mol. The van der Waals surface area contributed by atoms with Gasteiger partial charge in [0.1, 0.15) is 6.33 Å². The minimum atomic E-state index is -0.0972. The van der Waals surface area contributed by atoms with E-state index in [1.165, 1.54) is 11.9 Å². The highest BCUT2D eigenvalue weighted by Crippen LogP contribution is 2.32. The molecule has 0 bridgehead atoms. The van der Waals surface area contributed by atoms with Gasteiger partial charge in [0.25, 0.3) is 0 Å². The summed E-state index contributed by atoms with van der Waals surface area (Å²) in [6, 6.07) is 18.0. The van der Waals surface area contributed by atoms with Gasteiger partial charge in [-0.25, -0.2) is 9.78 Å². The standard InChI is InChI=1S/C22H25N5O2/c28-14-19-13-27(10-9-20(19)17-6-2-1-3-7-17)22(29)23-12-16-5-4-8-18(11-16)21-24-15-25-26-21/h1-8,11,15,19-20,28H,9-10,12-14H2,(H,23,29)(H,24,25,26)/t19-,20+/m1/s1. The van der Waals surface area contributed by atoms with Crippen molar-refractivity contribution in [2.45, 2.75) is 18.9 Å². The zero-order chi connectivity index (χ0) is 20.1. The van der Waals surface area contributed by atoms with E-state index in [2.05, 4.69) is 32.6 Å². The Bertz CT molecular complexity index is 929. The number of likely N-dealkylation sites (tertiary alicyclic amines) is 1. The number of rotatable bonds is 5.